The average molecular weight is 306 g/mol. The van der Waals surface area contributed by atoms with Gasteiger partial charge in [-0.25, -0.2) is 0 Å². The molecule has 1 aromatic heterocycles. The largest absolute Gasteiger partial charge is 0.465 e. The van der Waals surface area contributed by atoms with Crippen molar-refractivity contribution in [2.45, 2.75) is 6.18 Å². The van der Waals surface area contributed by atoms with Crippen LogP contribution < -0.4 is 5.32 Å². The van der Waals surface area contributed by atoms with Crippen LogP contribution in [0.2, 0.25) is 0 Å². The van der Waals surface area contributed by atoms with Crippen molar-refractivity contribution in [1.82, 2.24) is 0 Å². The Morgan fingerprint density at radius 1 is 1.27 bits per heavy atom. The first-order valence-electron chi connectivity index (χ1n) is 6.04. The molecule has 0 aliphatic rings. The minimum Gasteiger partial charge on any atom is -0.465 e. The van der Waals surface area contributed by atoms with Gasteiger partial charge in [0.2, 0.25) is 0 Å². The highest BCUT2D eigenvalue weighted by atomic mass is 19.4. The van der Waals surface area contributed by atoms with Gasteiger partial charge in [-0.05, 0) is 30.3 Å². The summed E-state index contributed by atoms with van der Waals surface area (Å²) in [6, 6.07) is 8.93. The van der Waals surface area contributed by atoms with Gasteiger partial charge < -0.3 is 9.73 Å². The molecule has 112 valence electrons. The number of hydrogen-bond acceptors (Lipinski definition) is 3. The Morgan fingerprint density at radius 2 is 2.05 bits per heavy atom. The van der Waals surface area contributed by atoms with E-state index in [4.69, 9.17) is 9.68 Å². The standard InChI is InChI=1S/C15H9F3N2O2/c16-15(17,18)11-3-1-4-12(8-11)20-14(21)10(9-19)7-13-5-2-6-22-13/h1-8H,(H,20,21)/b10-7+. The topological polar surface area (TPSA) is 66.0 Å². The Labute approximate surface area is 123 Å². The lowest BCUT2D eigenvalue weighted by Crippen LogP contribution is -2.14. The maximum atomic E-state index is 12.6. The van der Waals surface area contributed by atoms with Crippen LogP contribution in [0.1, 0.15) is 11.3 Å². The van der Waals surface area contributed by atoms with E-state index in [0.717, 1.165) is 12.1 Å². The number of alkyl halides is 3. The van der Waals surface area contributed by atoms with Gasteiger partial charge in [-0.15, -0.1) is 0 Å². The Kier molecular flexibility index (Phi) is 4.32. The number of nitrogens with one attached hydrogen (secondary N) is 1. The number of hydrogen-bond donors (Lipinski definition) is 1. The van der Waals surface area contributed by atoms with Gasteiger partial charge >= 0.3 is 6.18 Å². The molecule has 0 atom stereocenters. The molecule has 2 rings (SSSR count). The SMILES string of the molecule is N#C/C(=C\c1ccco1)C(=O)Nc1cccc(C(F)(F)F)c1. The monoisotopic (exact) mass is 306 g/mol. The number of nitriles is 1. The van der Waals surface area contributed by atoms with E-state index in [9.17, 15) is 18.0 Å². The summed E-state index contributed by atoms with van der Waals surface area (Å²) >= 11 is 0. The summed E-state index contributed by atoms with van der Waals surface area (Å²) in [5.41, 5.74) is -1.23. The summed E-state index contributed by atoms with van der Waals surface area (Å²) in [4.78, 5) is 11.9. The van der Waals surface area contributed by atoms with E-state index in [0.29, 0.717) is 0 Å². The van der Waals surface area contributed by atoms with Gasteiger partial charge in [0.25, 0.3) is 5.91 Å². The van der Waals surface area contributed by atoms with Crippen molar-refractivity contribution < 1.29 is 22.4 Å². The fraction of sp³-hybridized carbons (Fsp3) is 0.0667. The van der Waals surface area contributed by atoms with Crippen molar-refractivity contribution in [2.75, 3.05) is 5.32 Å². The fourth-order valence-corrected chi connectivity index (χ4v) is 1.64. The minimum atomic E-state index is -4.51. The van der Waals surface area contributed by atoms with Crippen molar-refractivity contribution in [3.8, 4) is 6.07 Å². The van der Waals surface area contributed by atoms with Gasteiger partial charge in [0.05, 0.1) is 11.8 Å². The number of furan rings is 1. The smallest absolute Gasteiger partial charge is 0.416 e. The number of amides is 1. The molecule has 0 spiro atoms. The second kappa shape index (κ2) is 6.18. The molecule has 1 amide bonds. The highest BCUT2D eigenvalue weighted by Crippen LogP contribution is 2.30. The quantitative estimate of drug-likeness (QED) is 0.692. The number of rotatable bonds is 3. The lowest BCUT2D eigenvalue weighted by Gasteiger charge is -2.09. The number of halogens is 3. The van der Waals surface area contributed by atoms with Gasteiger partial charge in [0, 0.05) is 11.8 Å². The molecule has 1 aromatic carbocycles. The van der Waals surface area contributed by atoms with E-state index in [2.05, 4.69) is 5.32 Å². The molecule has 7 heteroatoms. The molecule has 22 heavy (non-hydrogen) atoms. The van der Waals surface area contributed by atoms with Crippen LogP contribution in [-0.2, 0) is 11.0 Å². The van der Waals surface area contributed by atoms with Crippen LogP contribution in [0.4, 0.5) is 18.9 Å². The van der Waals surface area contributed by atoms with Crippen LogP contribution in [0.3, 0.4) is 0 Å². The second-order valence-electron chi connectivity index (χ2n) is 4.22. The first kappa shape index (κ1) is 15.4. The molecule has 1 heterocycles. The first-order valence-corrected chi connectivity index (χ1v) is 6.04. The number of nitrogens with zero attached hydrogens (tertiary/aromatic N) is 1. The lowest BCUT2D eigenvalue weighted by atomic mass is 10.1. The van der Waals surface area contributed by atoms with Gasteiger partial charge in [-0.3, -0.25) is 4.79 Å². The summed E-state index contributed by atoms with van der Waals surface area (Å²) in [5.74, 6) is -0.533. The van der Waals surface area contributed by atoms with Crippen LogP contribution in [0, 0.1) is 11.3 Å². The zero-order valence-electron chi connectivity index (χ0n) is 11.0. The Balaban J connectivity index is 2.20. The summed E-state index contributed by atoms with van der Waals surface area (Å²) in [7, 11) is 0. The Hall–Kier alpha value is -3.01. The summed E-state index contributed by atoms with van der Waals surface area (Å²) in [5, 5.41) is 11.2. The molecular weight excluding hydrogens is 297 g/mol. The predicted octanol–water partition coefficient (Wildman–Crippen LogP) is 3.84. The van der Waals surface area contributed by atoms with Gasteiger partial charge in [-0.1, -0.05) is 6.07 Å². The Bertz CT molecular complexity index is 741. The highest BCUT2D eigenvalue weighted by Gasteiger charge is 2.30. The van der Waals surface area contributed by atoms with Crippen molar-refractivity contribution in [3.63, 3.8) is 0 Å². The number of benzene rings is 1. The Morgan fingerprint density at radius 3 is 2.64 bits per heavy atom. The highest BCUT2D eigenvalue weighted by molar-refractivity contribution is 6.09. The third kappa shape index (κ3) is 3.76. The van der Waals surface area contributed by atoms with E-state index in [-0.39, 0.29) is 17.0 Å². The van der Waals surface area contributed by atoms with Crippen molar-refractivity contribution in [1.29, 1.82) is 5.26 Å². The maximum absolute atomic E-state index is 12.6. The predicted molar refractivity (Wildman–Crippen MR) is 72.4 cm³/mol. The minimum absolute atomic E-state index is 0.0552. The molecule has 0 bridgehead atoms. The van der Waals surface area contributed by atoms with Crippen LogP contribution in [0.15, 0.2) is 52.7 Å². The van der Waals surface area contributed by atoms with Crippen LogP contribution in [-0.4, -0.2) is 5.91 Å². The molecule has 0 saturated carbocycles. The van der Waals surface area contributed by atoms with Crippen LogP contribution >= 0.6 is 0 Å². The van der Waals surface area contributed by atoms with E-state index in [1.165, 1.54) is 30.5 Å². The van der Waals surface area contributed by atoms with Gasteiger partial charge in [-0.2, -0.15) is 18.4 Å². The van der Waals surface area contributed by atoms with Crippen LogP contribution in [0.5, 0.6) is 0 Å². The zero-order chi connectivity index (χ0) is 16.2. The van der Waals surface area contributed by atoms with Gasteiger partial charge in [0.15, 0.2) is 0 Å². The van der Waals surface area contributed by atoms with Gasteiger partial charge in [0.1, 0.15) is 17.4 Å². The van der Waals surface area contributed by atoms with Crippen LogP contribution in [0.25, 0.3) is 6.08 Å². The molecule has 2 aromatic rings. The fourth-order valence-electron chi connectivity index (χ4n) is 1.64. The molecule has 0 fully saturated rings. The summed E-state index contributed by atoms with van der Waals surface area (Å²) < 4.78 is 42.8. The number of carbonyl (C=O) groups is 1. The average Bonchev–Trinajstić information content (AvgIpc) is 2.97. The second-order valence-corrected chi connectivity index (χ2v) is 4.22. The lowest BCUT2D eigenvalue weighted by molar-refractivity contribution is -0.137. The third-order valence-corrected chi connectivity index (χ3v) is 2.64. The number of carbonyl (C=O) groups excluding carboxylic acids is 1. The molecule has 0 radical (unpaired) electrons. The normalized spacial score (nSPS) is 11.8. The van der Waals surface area contributed by atoms with Crippen molar-refractivity contribution in [3.05, 3.63) is 59.6 Å². The molecule has 0 saturated heterocycles. The molecule has 1 N–H and O–H groups in total. The zero-order valence-corrected chi connectivity index (χ0v) is 11.0. The molecule has 0 aliphatic carbocycles. The summed E-state index contributed by atoms with van der Waals surface area (Å²) in [6.45, 7) is 0. The van der Waals surface area contributed by atoms with E-state index >= 15 is 0 Å². The third-order valence-electron chi connectivity index (χ3n) is 2.64. The van der Waals surface area contributed by atoms with Crippen molar-refractivity contribution in [2.24, 2.45) is 0 Å². The van der Waals surface area contributed by atoms with E-state index in [1.807, 2.05) is 0 Å². The molecule has 0 unspecified atom stereocenters. The van der Waals surface area contributed by atoms with E-state index in [1.54, 1.807) is 12.1 Å². The maximum Gasteiger partial charge on any atom is 0.416 e. The number of anilines is 1. The summed E-state index contributed by atoms with van der Waals surface area (Å²) in [6.07, 6.45) is -1.95. The molecule has 4 nitrogen and oxygen atoms in total. The molecule has 0 aliphatic heterocycles. The first-order chi connectivity index (χ1) is 10.4. The molecular formula is C15H9F3N2O2. The van der Waals surface area contributed by atoms with Crippen molar-refractivity contribution >= 4 is 17.7 Å². The van der Waals surface area contributed by atoms with E-state index < -0.39 is 17.6 Å².